The zero-order valence-electron chi connectivity index (χ0n) is 10.1. The Kier molecular flexibility index (Phi) is 4.58. The van der Waals surface area contributed by atoms with Gasteiger partial charge in [0.05, 0.1) is 5.92 Å². The van der Waals surface area contributed by atoms with E-state index in [0.29, 0.717) is 18.5 Å². The van der Waals surface area contributed by atoms with Gasteiger partial charge in [-0.25, -0.2) is 0 Å². The lowest BCUT2D eigenvalue weighted by molar-refractivity contribution is -0.123. The molecule has 2 unspecified atom stereocenters. The van der Waals surface area contributed by atoms with Crippen LogP contribution in [0.5, 0.6) is 0 Å². The summed E-state index contributed by atoms with van der Waals surface area (Å²) in [6.07, 6.45) is 2.77. The third kappa shape index (κ3) is 3.12. The smallest absolute Gasteiger partial charge is 0.222 e. The lowest BCUT2D eigenvalue weighted by Crippen LogP contribution is -2.51. The van der Waals surface area contributed by atoms with Gasteiger partial charge in [0.15, 0.2) is 5.96 Å². The average molecular weight is 226 g/mol. The largest absolute Gasteiger partial charge is 0.370 e. The molecule has 0 saturated carbocycles. The summed E-state index contributed by atoms with van der Waals surface area (Å²) in [6, 6.07) is 0.344. The topological polar surface area (TPSA) is 84.7 Å². The number of rotatable bonds is 3. The third-order valence-corrected chi connectivity index (χ3v) is 3.08. The monoisotopic (exact) mass is 226 g/mol. The minimum atomic E-state index is -0.236. The molecule has 1 aliphatic rings. The molecule has 1 saturated heterocycles. The second-order valence-electron chi connectivity index (χ2n) is 4.42. The van der Waals surface area contributed by atoms with Gasteiger partial charge in [0.1, 0.15) is 0 Å². The van der Waals surface area contributed by atoms with Crippen LogP contribution in [-0.2, 0) is 4.79 Å². The molecule has 1 fully saturated rings. The second-order valence-corrected chi connectivity index (χ2v) is 4.42. The molecule has 1 amide bonds. The Morgan fingerprint density at radius 1 is 1.44 bits per heavy atom. The summed E-state index contributed by atoms with van der Waals surface area (Å²) in [5.41, 5.74) is 11.2. The summed E-state index contributed by atoms with van der Waals surface area (Å²) in [7, 11) is 0. The minimum Gasteiger partial charge on any atom is -0.370 e. The fourth-order valence-electron chi connectivity index (χ4n) is 1.98. The van der Waals surface area contributed by atoms with E-state index in [1.165, 1.54) is 0 Å². The van der Waals surface area contributed by atoms with Crippen molar-refractivity contribution < 1.29 is 4.79 Å². The van der Waals surface area contributed by atoms with Crippen LogP contribution < -0.4 is 11.5 Å². The van der Waals surface area contributed by atoms with E-state index in [-0.39, 0.29) is 11.8 Å². The van der Waals surface area contributed by atoms with Crippen molar-refractivity contribution >= 4 is 11.9 Å². The van der Waals surface area contributed by atoms with Gasteiger partial charge < -0.3 is 16.4 Å². The lowest BCUT2D eigenvalue weighted by atomic mass is 9.93. The van der Waals surface area contributed by atoms with Crippen molar-refractivity contribution in [1.29, 1.82) is 0 Å². The molecule has 5 nitrogen and oxygen atoms in total. The van der Waals surface area contributed by atoms with Gasteiger partial charge in [0, 0.05) is 19.1 Å². The second kappa shape index (κ2) is 5.72. The quantitative estimate of drug-likeness (QED) is 0.536. The van der Waals surface area contributed by atoms with Crippen LogP contribution >= 0.6 is 0 Å². The highest BCUT2D eigenvalue weighted by Crippen LogP contribution is 2.21. The number of likely N-dealkylation sites (tertiary alicyclic amines) is 1. The van der Waals surface area contributed by atoms with Crippen LogP contribution in [0.3, 0.4) is 0 Å². The maximum absolute atomic E-state index is 11.2. The van der Waals surface area contributed by atoms with Crippen LogP contribution in [0.4, 0.5) is 0 Å². The Balaban J connectivity index is 2.65. The van der Waals surface area contributed by atoms with Crippen molar-refractivity contribution in [2.24, 2.45) is 22.4 Å². The Morgan fingerprint density at radius 3 is 2.69 bits per heavy atom. The van der Waals surface area contributed by atoms with Crippen molar-refractivity contribution in [3.63, 3.8) is 0 Å². The Hall–Kier alpha value is -1.26. The number of nitrogens with zero attached hydrogens (tertiary/aromatic N) is 2. The van der Waals surface area contributed by atoms with E-state index in [0.717, 1.165) is 25.8 Å². The van der Waals surface area contributed by atoms with Crippen LogP contribution in [0, 0.1) is 5.92 Å². The van der Waals surface area contributed by atoms with Crippen LogP contribution in [0.25, 0.3) is 0 Å². The number of guanidine groups is 1. The van der Waals surface area contributed by atoms with E-state index in [4.69, 9.17) is 11.5 Å². The number of carbonyl (C=O) groups excluding carboxylic acids is 1. The zero-order valence-corrected chi connectivity index (χ0v) is 10.1. The average Bonchev–Trinajstić information content (AvgIpc) is 2.26. The Bertz CT molecular complexity index is 277. The molecule has 1 rings (SSSR count). The number of hydrogen-bond acceptors (Lipinski definition) is 2. The van der Waals surface area contributed by atoms with Crippen LogP contribution in [0.2, 0.25) is 0 Å². The number of nitrogens with two attached hydrogens (primary N) is 2. The molecule has 0 bridgehead atoms. The summed E-state index contributed by atoms with van der Waals surface area (Å²) in [5, 5.41) is 0. The molecule has 0 aromatic carbocycles. The van der Waals surface area contributed by atoms with Gasteiger partial charge in [-0.05, 0) is 26.2 Å². The zero-order chi connectivity index (χ0) is 12.1. The van der Waals surface area contributed by atoms with E-state index in [1.807, 2.05) is 4.90 Å². The standard InChI is InChI=1S/C11H22N4O/c1-3-6-14-11(13)15-7-9(10(12)16)5-4-8(15)2/h8-9H,3-7H2,1-2H3,(H2,12,16)(H2,13,14). The molecule has 1 aliphatic heterocycles. The molecule has 0 spiro atoms. The fourth-order valence-corrected chi connectivity index (χ4v) is 1.98. The van der Waals surface area contributed by atoms with Crippen LogP contribution in [0.15, 0.2) is 4.99 Å². The Labute approximate surface area is 96.9 Å². The molecule has 16 heavy (non-hydrogen) atoms. The van der Waals surface area contributed by atoms with Crippen molar-refractivity contribution in [3.8, 4) is 0 Å². The van der Waals surface area contributed by atoms with Gasteiger partial charge in [0.2, 0.25) is 5.91 Å². The van der Waals surface area contributed by atoms with Crippen LogP contribution in [-0.4, -0.2) is 35.9 Å². The number of hydrogen-bond donors (Lipinski definition) is 2. The lowest BCUT2D eigenvalue weighted by Gasteiger charge is -2.37. The van der Waals surface area contributed by atoms with Gasteiger partial charge in [-0.2, -0.15) is 0 Å². The van der Waals surface area contributed by atoms with Gasteiger partial charge in [-0.1, -0.05) is 6.92 Å². The van der Waals surface area contributed by atoms with Crippen LogP contribution in [0.1, 0.15) is 33.1 Å². The SMILES string of the molecule is CCCN=C(N)N1CC(C(N)=O)CCC1C. The van der Waals surface area contributed by atoms with Crippen molar-refractivity contribution in [2.45, 2.75) is 39.2 Å². The number of carbonyl (C=O) groups is 1. The van der Waals surface area contributed by atoms with E-state index in [9.17, 15) is 4.79 Å². The number of piperidine rings is 1. The summed E-state index contributed by atoms with van der Waals surface area (Å²) in [5.74, 6) is 0.215. The molecule has 0 aliphatic carbocycles. The van der Waals surface area contributed by atoms with Crippen molar-refractivity contribution in [1.82, 2.24) is 4.90 Å². The predicted molar refractivity (Wildman–Crippen MR) is 64.9 cm³/mol. The van der Waals surface area contributed by atoms with Crippen molar-refractivity contribution in [2.75, 3.05) is 13.1 Å². The molecule has 1 heterocycles. The highest BCUT2D eigenvalue weighted by atomic mass is 16.1. The molecular formula is C11H22N4O. The van der Waals surface area contributed by atoms with E-state index in [1.54, 1.807) is 0 Å². The normalized spacial score (nSPS) is 26.9. The summed E-state index contributed by atoms with van der Waals surface area (Å²) < 4.78 is 0. The first kappa shape index (κ1) is 12.8. The highest BCUT2D eigenvalue weighted by molar-refractivity contribution is 5.81. The molecule has 92 valence electrons. The summed E-state index contributed by atoms with van der Waals surface area (Å²) >= 11 is 0. The van der Waals surface area contributed by atoms with Gasteiger partial charge >= 0.3 is 0 Å². The predicted octanol–water partition coefficient (Wildman–Crippen LogP) is 0.297. The highest BCUT2D eigenvalue weighted by Gasteiger charge is 2.29. The first-order chi connectivity index (χ1) is 7.56. The van der Waals surface area contributed by atoms with Gasteiger partial charge in [-0.3, -0.25) is 9.79 Å². The number of primary amides is 1. The first-order valence-electron chi connectivity index (χ1n) is 5.92. The maximum atomic E-state index is 11.2. The molecule has 0 radical (unpaired) electrons. The van der Waals surface area contributed by atoms with Crippen molar-refractivity contribution in [3.05, 3.63) is 0 Å². The van der Waals surface area contributed by atoms with Gasteiger partial charge in [0.25, 0.3) is 0 Å². The third-order valence-electron chi connectivity index (χ3n) is 3.08. The summed E-state index contributed by atoms with van der Waals surface area (Å²) in [4.78, 5) is 17.4. The van der Waals surface area contributed by atoms with Gasteiger partial charge in [-0.15, -0.1) is 0 Å². The molecule has 0 aromatic heterocycles. The number of amides is 1. The van der Waals surface area contributed by atoms with E-state index >= 15 is 0 Å². The minimum absolute atomic E-state index is 0.0911. The molecule has 4 N–H and O–H groups in total. The molecular weight excluding hydrogens is 204 g/mol. The first-order valence-corrected chi connectivity index (χ1v) is 5.92. The molecule has 0 aromatic rings. The summed E-state index contributed by atoms with van der Waals surface area (Å²) in [6.45, 7) is 5.50. The fraction of sp³-hybridized carbons (Fsp3) is 0.818. The maximum Gasteiger partial charge on any atom is 0.222 e. The number of aliphatic imine (C=N–C) groups is 1. The van der Waals surface area contributed by atoms with E-state index in [2.05, 4.69) is 18.8 Å². The Morgan fingerprint density at radius 2 is 2.12 bits per heavy atom. The molecule has 5 heteroatoms. The van der Waals surface area contributed by atoms with E-state index < -0.39 is 0 Å². The molecule has 2 atom stereocenters.